The molecule has 1 aromatic heterocycles. The highest BCUT2D eigenvalue weighted by atomic mass is 79.9. The van der Waals surface area contributed by atoms with Gasteiger partial charge in [0.15, 0.2) is 0 Å². The number of aliphatic carboxylic acids is 1. The van der Waals surface area contributed by atoms with Crippen LogP contribution in [0.5, 0.6) is 0 Å². The molecule has 0 radical (unpaired) electrons. The Kier molecular flexibility index (Phi) is 2.87. The SMILES string of the molecule is O=C(O)C1CNC(c2cccc3[nH]cc(Br)c23)C1. The number of halogens is 1. The normalized spacial score (nSPS) is 23.6. The molecule has 1 aliphatic rings. The van der Waals surface area contributed by atoms with Crippen molar-refractivity contribution < 1.29 is 9.90 Å². The average molecular weight is 309 g/mol. The summed E-state index contributed by atoms with van der Waals surface area (Å²) in [7, 11) is 0. The van der Waals surface area contributed by atoms with Crippen molar-refractivity contribution in [1.29, 1.82) is 0 Å². The van der Waals surface area contributed by atoms with E-state index in [1.54, 1.807) is 0 Å². The standard InChI is InChI=1S/C13H13BrN2O2/c14-9-6-16-10-3-1-2-8(12(9)10)11-4-7(5-15-11)13(17)18/h1-3,6-7,11,15-16H,4-5H2,(H,17,18). The van der Waals surface area contributed by atoms with E-state index in [0.717, 1.165) is 20.9 Å². The zero-order valence-corrected chi connectivity index (χ0v) is 11.2. The highest BCUT2D eigenvalue weighted by Crippen LogP contribution is 2.35. The Morgan fingerprint density at radius 3 is 3.00 bits per heavy atom. The van der Waals surface area contributed by atoms with Gasteiger partial charge in [-0.15, -0.1) is 0 Å². The number of hydrogen-bond donors (Lipinski definition) is 3. The molecule has 0 amide bonds. The van der Waals surface area contributed by atoms with Crippen molar-refractivity contribution in [2.45, 2.75) is 12.5 Å². The van der Waals surface area contributed by atoms with Crippen molar-refractivity contribution in [3.63, 3.8) is 0 Å². The molecule has 3 N–H and O–H groups in total. The third kappa shape index (κ3) is 1.83. The van der Waals surface area contributed by atoms with Crippen molar-refractivity contribution in [3.05, 3.63) is 34.4 Å². The van der Waals surface area contributed by atoms with Crippen LogP contribution in [-0.4, -0.2) is 22.6 Å². The first kappa shape index (κ1) is 11.7. The van der Waals surface area contributed by atoms with Crippen LogP contribution in [0, 0.1) is 5.92 Å². The average Bonchev–Trinajstić information content (AvgIpc) is 2.96. The van der Waals surface area contributed by atoms with Gasteiger partial charge in [-0.25, -0.2) is 0 Å². The molecule has 0 bridgehead atoms. The quantitative estimate of drug-likeness (QED) is 0.799. The highest BCUT2D eigenvalue weighted by molar-refractivity contribution is 9.10. The molecular formula is C13H13BrN2O2. The van der Waals surface area contributed by atoms with E-state index in [2.05, 4.69) is 32.3 Å². The summed E-state index contributed by atoms with van der Waals surface area (Å²) in [6, 6.07) is 6.19. The van der Waals surface area contributed by atoms with E-state index < -0.39 is 5.97 Å². The molecule has 4 nitrogen and oxygen atoms in total. The number of nitrogens with one attached hydrogen (secondary N) is 2. The largest absolute Gasteiger partial charge is 0.481 e. The molecule has 0 spiro atoms. The third-order valence-electron chi connectivity index (χ3n) is 3.55. The highest BCUT2D eigenvalue weighted by Gasteiger charge is 2.31. The summed E-state index contributed by atoms with van der Waals surface area (Å²) in [5.41, 5.74) is 2.23. The zero-order valence-electron chi connectivity index (χ0n) is 9.61. The maximum Gasteiger partial charge on any atom is 0.307 e. The summed E-state index contributed by atoms with van der Waals surface area (Å²) in [4.78, 5) is 14.2. The molecule has 2 unspecified atom stereocenters. The summed E-state index contributed by atoms with van der Waals surface area (Å²) in [5, 5.41) is 13.5. The van der Waals surface area contributed by atoms with Crippen molar-refractivity contribution in [1.82, 2.24) is 10.3 Å². The Bertz CT molecular complexity index is 608. The van der Waals surface area contributed by atoms with Gasteiger partial charge in [0.2, 0.25) is 0 Å². The van der Waals surface area contributed by atoms with E-state index in [9.17, 15) is 4.79 Å². The summed E-state index contributed by atoms with van der Waals surface area (Å²) >= 11 is 3.53. The van der Waals surface area contributed by atoms with Crippen LogP contribution in [0.3, 0.4) is 0 Å². The summed E-state index contributed by atoms with van der Waals surface area (Å²) in [6.45, 7) is 0.540. The number of aromatic amines is 1. The first-order chi connectivity index (χ1) is 8.66. The lowest BCUT2D eigenvalue weighted by molar-refractivity contribution is -0.141. The van der Waals surface area contributed by atoms with E-state index in [1.807, 2.05) is 18.3 Å². The van der Waals surface area contributed by atoms with E-state index in [0.29, 0.717) is 13.0 Å². The molecule has 2 atom stereocenters. The van der Waals surface area contributed by atoms with E-state index >= 15 is 0 Å². The first-order valence-corrected chi connectivity index (χ1v) is 6.68. The summed E-state index contributed by atoms with van der Waals surface area (Å²) in [5.74, 6) is -1.01. The lowest BCUT2D eigenvalue weighted by Gasteiger charge is -2.12. The van der Waals surface area contributed by atoms with Crippen LogP contribution in [0.4, 0.5) is 0 Å². The van der Waals surface area contributed by atoms with Crippen molar-refractivity contribution in [3.8, 4) is 0 Å². The number of carbonyl (C=O) groups is 1. The second-order valence-electron chi connectivity index (χ2n) is 4.64. The fraction of sp³-hybridized carbons (Fsp3) is 0.308. The third-order valence-corrected chi connectivity index (χ3v) is 4.17. The maximum atomic E-state index is 11.0. The molecule has 1 aliphatic heterocycles. The van der Waals surface area contributed by atoms with Gasteiger partial charge in [0.1, 0.15) is 0 Å². The van der Waals surface area contributed by atoms with E-state index in [4.69, 9.17) is 5.11 Å². The van der Waals surface area contributed by atoms with Crippen LogP contribution < -0.4 is 5.32 Å². The summed E-state index contributed by atoms with van der Waals surface area (Å²) in [6.07, 6.45) is 2.56. The minimum atomic E-state index is -0.717. The van der Waals surface area contributed by atoms with E-state index in [1.165, 1.54) is 0 Å². The predicted molar refractivity (Wildman–Crippen MR) is 72.5 cm³/mol. The van der Waals surface area contributed by atoms with E-state index in [-0.39, 0.29) is 12.0 Å². The minimum absolute atomic E-state index is 0.113. The molecular weight excluding hydrogens is 296 g/mol. The Morgan fingerprint density at radius 2 is 2.28 bits per heavy atom. The second kappa shape index (κ2) is 4.40. The number of rotatable bonds is 2. The van der Waals surface area contributed by atoms with Gasteiger partial charge in [-0.3, -0.25) is 4.79 Å². The van der Waals surface area contributed by atoms with Crippen LogP contribution in [0.1, 0.15) is 18.0 Å². The van der Waals surface area contributed by atoms with Gasteiger partial charge < -0.3 is 15.4 Å². The van der Waals surface area contributed by atoms with Crippen molar-refractivity contribution in [2.24, 2.45) is 5.92 Å². The lowest BCUT2D eigenvalue weighted by atomic mass is 9.97. The monoisotopic (exact) mass is 308 g/mol. The number of fused-ring (bicyclic) bond motifs is 1. The molecule has 1 saturated heterocycles. The molecule has 0 aliphatic carbocycles. The predicted octanol–water partition coefficient (Wildman–Crippen LogP) is 2.67. The van der Waals surface area contributed by atoms with Gasteiger partial charge >= 0.3 is 5.97 Å². The van der Waals surface area contributed by atoms with Crippen LogP contribution in [0.2, 0.25) is 0 Å². The molecule has 2 aromatic rings. The van der Waals surface area contributed by atoms with Crippen LogP contribution in [-0.2, 0) is 4.79 Å². The number of hydrogen-bond acceptors (Lipinski definition) is 2. The Labute approximate surface area is 113 Å². The van der Waals surface area contributed by atoms with Crippen molar-refractivity contribution in [2.75, 3.05) is 6.54 Å². The number of carboxylic acid groups (broad SMARTS) is 1. The molecule has 18 heavy (non-hydrogen) atoms. The maximum absolute atomic E-state index is 11.0. The number of carboxylic acids is 1. The zero-order chi connectivity index (χ0) is 12.7. The van der Waals surface area contributed by atoms with Gasteiger partial charge in [-0.1, -0.05) is 12.1 Å². The Balaban J connectivity index is 2.00. The molecule has 0 saturated carbocycles. The van der Waals surface area contributed by atoms with Crippen LogP contribution in [0.25, 0.3) is 10.9 Å². The molecule has 2 heterocycles. The van der Waals surface area contributed by atoms with Gasteiger partial charge in [0.05, 0.1) is 5.92 Å². The van der Waals surface area contributed by atoms with Gasteiger partial charge in [-0.05, 0) is 34.0 Å². The first-order valence-electron chi connectivity index (χ1n) is 5.88. The van der Waals surface area contributed by atoms with Crippen LogP contribution in [0.15, 0.2) is 28.9 Å². The number of H-pyrrole nitrogens is 1. The Hall–Kier alpha value is -1.33. The molecule has 3 rings (SSSR count). The summed E-state index contributed by atoms with van der Waals surface area (Å²) < 4.78 is 1.02. The smallest absolute Gasteiger partial charge is 0.307 e. The number of aromatic nitrogens is 1. The molecule has 94 valence electrons. The molecule has 5 heteroatoms. The Morgan fingerprint density at radius 1 is 1.44 bits per heavy atom. The molecule has 1 aromatic carbocycles. The van der Waals surface area contributed by atoms with Crippen molar-refractivity contribution >= 4 is 32.8 Å². The number of benzene rings is 1. The van der Waals surface area contributed by atoms with Gasteiger partial charge in [0.25, 0.3) is 0 Å². The van der Waals surface area contributed by atoms with Gasteiger partial charge in [0, 0.05) is 34.2 Å². The van der Waals surface area contributed by atoms with Gasteiger partial charge in [-0.2, -0.15) is 0 Å². The lowest BCUT2D eigenvalue weighted by Crippen LogP contribution is -2.17. The minimum Gasteiger partial charge on any atom is -0.481 e. The molecule has 1 fully saturated rings. The topological polar surface area (TPSA) is 65.1 Å². The fourth-order valence-corrected chi connectivity index (χ4v) is 3.18. The second-order valence-corrected chi connectivity index (χ2v) is 5.49. The fourth-order valence-electron chi connectivity index (χ4n) is 2.62. The van der Waals surface area contributed by atoms with Crippen LogP contribution >= 0.6 is 15.9 Å².